The molecule has 0 bridgehead atoms. The van der Waals surface area contributed by atoms with Crippen LogP contribution >= 0.6 is 0 Å². The molecule has 0 unspecified atom stereocenters. The van der Waals surface area contributed by atoms with Gasteiger partial charge < -0.3 is 15.5 Å². The van der Waals surface area contributed by atoms with E-state index in [9.17, 15) is 0 Å². The molecule has 5 heteroatoms. The number of nitrogens with one attached hydrogen (secondary N) is 2. The molecule has 2 aromatic rings. The van der Waals surface area contributed by atoms with Gasteiger partial charge in [0.2, 0.25) is 0 Å². The standard InChI is InChI=1S/C24H35N5/c1-18-7-6-14-26-22(18)17-27-23(25-5)28-20-12-15-29(16-13-20)21-10-8-19(9-11-21)24(2,3)4/h6-11,14,20H,12-13,15-17H2,1-5H3,(H2,25,27,28). The number of hydrogen-bond donors (Lipinski definition) is 2. The van der Waals surface area contributed by atoms with Crippen LogP contribution in [0.15, 0.2) is 47.6 Å². The van der Waals surface area contributed by atoms with E-state index in [0.717, 1.165) is 37.6 Å². The van der Waals surface area contributed by atoms with E-state index in [-0.39, 0.29) is 5.41 Å². The van der Waals surface area contributed by atoms with Crippen molar-refractivity contribution in [2.45, 2.75) is 58.5 Å². The number of aliphatic imine (C=N–C) groups is 1. The molecule has 0 aliphatic carbocycles. The fourth-order valence-corrected chi connectivity index (χ4v) is 3.71. The van der Waals surface area contributed by atoms with Gasteiger partial charge in [0, 0.05) is 38.1 Å². The van der Waals surface area contributed by atoms with Crippen molar-refractivity contribution in [2.24, 2.45) is 4.99 Å². The van der Waals surface area contributed by atoms with Crippen LogP contribution in [0.2, 0.25) is 0 Å². The summed E-state index contributed by atoms with van der Waals surface area (Å²) < 4.78 is 0. The Morgan fingerprint density at radius 2 is 1.83 bits per heavy atom. The van der Waals surface area contributed by atoms with Crippen LogP contribution in [0.25, 0.3) is 0 Å². The first kappa shape index (κ1) is 21.2. The maximum absolute atomic E-state index is 4.44. The van der Waals surface area contributed by atoms with Gasteiger partial charge >= 0.3 is 0 Å². The Hall–Kier alpha value is -2.56. The number of pyridine rings is 1. The second-order valence-corrected chi connectivity index (χ2v) is 8.90. The average molecular weight is 394 g/mol. The zero-order valence-electron chi connectivity index (χ0n) is 18.5. The van der Waals surface area contributed by atoms with Crippen LogP contribution in [0.1, 0.15) is 50.4 Å². The molecular formula is C24H35N5. The molecule has 156 valence electrons. The molecule has 1 saturated heterocycles. The van der Waals surface area contributed by atoms with Gasteiger partial charge in [0.15, 0.2) is 5.96 Å². The lowest BCUT2D eigenvalue weighted by Crippen LogP contribution is -2.48. The largest absolute Gasteiger partial charge is 0.371 e. The van der Waals surface area contributed by atoms with Crippen molar-refractivity contribution in [2.75, 3.05) is 25.0 Å². The third kappa shape index (κ3) is 5.72. The van der Waals surface area contributed by atoms with E-state index in [1.54, 1.807) is 0 Å². The van der Waals surface area contributed by atoms with Crippen molar-refractivity contribution in [1.29, 1.82) is 0 Å². The number of anilines is 1. The summed E-state index contributed by atoms with van der Waals surface area (Å²) in [5, 5.41) is 6.98. The second kappa shape index (κ2) is 9.29. The number of rotatable bonds is 4. The fourth-order valence-electron chi connectivity index (χ4n) is 3.71. The van der Waals surface area contributed by atoms with E-state index in [4.69, 9.17) is 0 Å². The molecule has 0 amide bonds. The van der Waals surface area contributed by atoms with Crippen molar-refractivity contribution in [3.8, 4) is 0 Å². The third-order valence-corrected chi connectivity index (χ3v) is 5.70. The lowest BCUT2D eigenvalue weighted by atomic mass is 9.87. The first-order valence-electron chi connectivity index (χ1n) is 10.6. The minimum Gasteiger partial charge on any atom is -0.371 e. The predicted octanol–water partition coefficient (Wildman–Crippen LogP) is 4.02. The van der Waals surface area contributed by atoms with Gasteiger partial charge in [0.05, 0.1) is 12.2 Å². The average Bonchev–Trinajstić information content (AvgIpc) is 2.72. The molecule has 3 rings (SSSR count). The van der Waals surface area contributed by atoms with Crippen molar-refractivity contribution in [3.05, 3.63) is 59.4 Å². The topological polar surface area (TPSA) is 52.6 Å². The predicted molar refractivity (Wildman–Crippen MR) is 123 cm³/mol. The third-order valence-electron chi connectivity index (χ3n) is 5.70. The molecule has 0 spiro atoms. The summed E-state index contributed by atoms with van der Waals surface area (Å²) in [6.45, 7) is 11.7. The summed E-state index contributed by atoms with van der Waals surface area (Å²) in [7, 11) is 1.83. The van der Waals surface area contributed by atoms with E-state index in [0.29, 0.717) is 12.6 Å². The molecule has 1 aromatic carbocycles. The molecule has 0 atom stereocenters. The van der Waals surface area contributed by atoms with Gasteiger partial charge in [-0.25, -0.2) is 0 Å². The summed E-state index contributed by atoms with van der Waals surface area (Å²) in [6.07, 6.45) is 4.04. The highest BCUT2D eigenvalue weighted by atomic mass is 15.2. The van der Waals surface area contributed by atoms with Gasteiger partial charge in [0.25, 0.3) is 0 Å². The number of guanidine groups is 1. The first-order chi connectivity index (χ1) is 13.9. The Morgan fingerprint density at radius 3 is 2.41 bits per heavy atom. The number of aryl methyl sites for hydroxylation is 1. The molecule has 1 aromatic heterocycles. The zero-order chi connectivity index (χ0) is 20.9. The molecule has 2 N–H and O–H groups in total. The summed E-state index contributed by atoms with van der Waals surface area (Å²) in [5.74, 6) is 0.850. The number of nitrogens with zero attached hydrogens (tertiary/aromatic N) is 3. The lowest BCUT2D eigenvalue weighted by Gasteiger charge is -2.35. The number of hydrogen-bond acceptors (Lipinski definition) is 3. The SMILES string of the molecule is CN=C(NCc1ncccc1C)NC1CCN(c2ccc(C(C)(C)C)cc2)CC1. The first-order valence-corrected chi connectivity index (χ1v) is 10.6. The van der Waals surface area contributed by atoms with Gasteiger partial charge in [-0.1, -0.05) is 39.0 Å². The molecule has 0 saturated carbocycles. The maximum Gasteiger partial charge on any atom is 0.191 e. The molecule has 1 aliphatic rings. The lowest BCUT2D eigenvalue weighted by molar-refractivity contribution is 0.461. The Labute approximate surface area is 175 Å². The highest BCUT2D eigenvalue weighted by Gasteiger charge is 2.21. The van der Waals surface area contributed by atoms with Crippen molar-refractivity contribution in [3.63, 3.8) is 0 Å². The van der Waals surface area contributed by atoms with Gasteiger partial charge in [-0.2, -0.15) is 0 Å². The van der Waals surface area contributed by atoms with Crippen LogP contribution in [-0.4, -0.2) is 37.1 Å². The van der Waals surface area contributed by atoms with Crippen LogP contribution in [0.4, 0.5) is 5.69 Å². The van der Waals surface area contributed by atoms with E-state index < -0.39 is 0 Å². The second-order valence-electron chi connectivity index (χ2n) is 8.90. The highest BCUT2D eigenvalue weighted by Crippen LogP contribution is 2.26. The Bertz CT molecular complexity index is 812. The number of aromatic nitrogens is 1. The van der Waals surface area contributed by atoms with Crippen LogP contribution < -0.4 is 15.5 Å². The fraction of sp³-hybridized carbons (Fsp3) is 0.500. The van der Waals surface area contributed by atoms with Crippen LogP contribution in [0.3, 0.4) is 0 Å². The minimum absolute atomic E-state index is 0.201. The van der Waals surface area contributed by atoms with E-state index in [2.05, 4.69) is 83.5 Å². The molecule has 5 nitrogen and oxygen atoms in total. The minimum atomic E-state index is 0.201. The van der Waals surface area contributed by atoms with Crippen LogP contribution in [-0.2, 0) is 12.0 Å². The Balaban J connectivity index is 1.49. The normalized spacial score (nSPS) is 16.0. The number of benzene rings is 1. The molecule has 2 heterocycles. The summed E-state index contributed by atoms with van der Waals surface area (Å²) in [5.41, 5.74) is 5.16. The van der Waals surface area contributed by atoms with Gasteiger partial charge in [-0.15, -0.1) is 0 Å². The number of piperidine rings is 1. The quantitative estimate of drug-likeness (QED) is 0.608. The van der Waals surface area contributed by atoms with Crippen molar-refractivity contribution in [1.82, 2.24) is 15.6 Å². The molecule has 1 fully saturated rings. The van der Waals surface area contributed by atoms with Crippen LogP contribution in [0.5, 0.6) is 0 Å². The highest BCUT2D eigenvalue weighted by molar-refractivity contribution is 5.80. The molecular weight excluding hydrogens is 358 g/mol. The van der Waals surface area contributed by atoms with E-state index >= 15 is 0 Å². The van der Waals surface area contributed by atoms with Crippen molar-refractivity contribution < 1.29 is 0 Å². The molecule has 29 heavy (non-hydrogen) atoms. The summed E-state index contributed by atoms with van der Waals surface area (Å²) in [4.78, 5) is 11.3. The zero-order valence-corrected chi connectivity index (χ0v) is 18.5. The van der Waals surface area contributed by atoms with Gasteiger partial charge in [-0.3, -0.25) is 9.98 Å². The van der Waals surface area contributed by atoms with Crippen molar-refractivity contribution >= 4 is 11.6 Å². The Morgan fingerprint density at radius 1 is 1.14 bits per heavy atom. The Kier molecular flexibility index (Phi) is 6.78. The molecule has 1 aliphatic heterocycles. The van der Waals surface area contributed by atoms with Crippen LogP contribution in [0, 0.1) is 6.92 Å². The maximum atomic E-state index is 4.44. The van der Waals surface area contributed by atoms with Gasteiger partial charge in [-0.05, 0) is 54.5 Å². The summed E-state index contributed by atoms with van der Waals surface area (Å²) >= 11 is 0. The summed E-state index contributed by atoms with van der Waals surface area (Å²) in [6, 6.07) is 13.6. The smallest absolute Gasteiger partial charge is 0.191 e. The van der Waals surface area contributed by atoms with E-state index in [1.807, 2.05) is 19.3 Å². The monoisotopic (exact) mass is 393 g/mol. The van der Waals surface area contributed by atoms with Gasteiger partial charge in [0.1, 0.15) is 0 Å². The molecule has 0 radical (unpaired) electrons. The van der Waals surface area contributed by atoms with E-state index in [1.165, 1.54) is 16.8 Å².